The van der Waals surface area contributed by atoms with Crippen LogP contribution in [0.4, 0.5) is 4.79 Å². The monoisotopic (exact) mass is 183 g/mol. The van der Waals surface area contributed by atoms with Gasteiger partial charge in [-0.25, -0.2) is 4.79 Å². The molecule has 0 radical (unpaired) electrons. The maximum atomic E-state index is 11.0. The van der Waals surface area contributed by atoms with Gasteiger partial charge < -0.3 is 16.0 Å². The fourth-order valence-corrected chi connectivity index (χ4v) is 0.583. The molecule has 0 aliphatic heterocycles. The number of amides is 3. The second kappa shape index (κ2) is 5.89. The summed E-state index contributed by atoms with van der Waals surface area (Å²) in [5.41, 5.74) is 0. The van der Waals surface area contributed by atoms with E-state index in [1.54, 1.807) is 6.92 Å². The van der Waals surface area contributed by atoms with Crippen molar-refractivity contribution in [1.82, 2.24) is 16.0 Å². The van der Waals surface area contributed by atoms with E-state index in [0.29, 0.717) is 0 Å². The molecule has 3 amide bonds. The molecule has 0 saturated heterocycles. The Balaban J connectivity index is 3.65. The van der Waals surface area contributed by atoms with Crippen molar-refractivity contribution >= 4 is 11.9 Å². The van der Waals surface area contributed by atoms with Crippen molar-refractivity contribution in [3.8, 4) is 12.3 Å². The molecule has 0 aromatic carbocycles. The predicted molar refractivity (Wildman–Crippen MR) is 48.9 cm³/mol. The van der Waals surface area contributed by atoms with E-state index >= 15 is 0 Å². The van der Waals surface area contributed by atoms with Gasteiger partial charge in [-0.15, -0.1) is 6.42 Å². The van der Waals surface area contributed by atoms with Gasteiger partial charge >= 0.3 is 6.03 Å². The van der Waals surface area contributed by atoms with Crippen LogP contribution in [0.1, 0.15) is 6.92 Å². The van der Waals surface area contributed by atoms with Crippen LogP contribution in [0.2, 0.25) is 0 Å². The van der Waals surface area contributed by atoms with Crippen molar-refractivity contribution in [3.05, 3.63) is 0 Å². The molecule has 72 valence electrons. The van der Waals surface area contributed by atoms with Gasteiger partial charge in [-0.2, -0.15) is 0 Å². The van der Waals surface area contributed by atoms with Crippen molar-refractivity contribution in [2.75, 3.05) is 13.6 Å². The summed E-state index contributed by atoms with van der Waals surface area (Å²) in [5.74, 6) is 2.03. The zero-order valence-electron chi connectivity index (χ0n) is 7.68. The van der Waals surface area contributed by atoms with Crippen LogP contribution in [0.3, 0.4) is 0 Å². The smallest absolute Gasteiger partial charge is 0.314 e. The maximum Gasteiger partial charge on any atom is 0.314 e. The normalized spacial score (nSPS) is 10.8. The number of rotatable bonds is 3. The average molecular weight is 183 g/mol. The van der Waals surface area contributed by atoms with Crippen molar-refractivity contribution in [2.45, 2.75) is 13.0 Å². The second-order valence-corrected chi connectivity index (χ2v) is 2.39. The molecule has 5 heteroatoms. The average Bonchev–Trinajstić information content (AvgIpc) is 2.13. The van der Waals surface area contributed by atoms with Crippen molar-refractivity contribution in [2.24, 2.45) is 0 Å². The topological polar surface area (TPSA) is 70.2 Å². The summed E-state index contributed by atoms with van der Waals surface area (Å²) in [7, 11) is 1.47. The number of urea groups is 1. The highest BCUT2D eigenvalue weighted by Crippen LogP contribution is 1.75. The lowest BCUT2D eigenvalue weighted by Crippen LogP contribution is -2.43. The van der Waals surface area contributed by atoms with Gasteiger partial charge in [0, 0.05) is 7.05 Å². The van der Waals surface area contributed by atoms with Gasteiger partial charge in [-0.1, -0.05) is 5.92 Å². The Morgan fingerprint density at radius 2 is 2.15 bits per heavy atom. The molecule has 1 unspecified atom stereocenters. The van der Waals surface area contributed by atoms with Crippen LogP contribution in [0.5, 0.6) is 0 Å². The summed E-state index contributed by atoms with van der Waals surface area (Å²) in [4.78, 5) is 21.6. The number of hydrogen-bond acceptors (Lipinski definition) is 2. The summed E-state index contributed by atoms with van der Waals surface area (Å²) in [6, 6.07) is -0.720. The number of carbonyl (C=O) groups excluding carboxylic acids is 2. The second-order valence-electron chi connectivity index (χ2n) is 2.39. The quantitative estimate of drug-likeness (QED) is 0.494. The van der Waals surface area contributed by atoms with Crippen LogP contribution in [0.15, 0.2) is 0 Å². The lowest BCUT2D eigenvalue weighted by molar-refractivity contribution is -0.120. The van der Waals surface area contributed by atoms with Crippen LogP contribution in [-0.2, 0) is 4.79 Å². The molecule has 0 aromatic heterocycles. The molecule has 0 spiro atoms. The Morgan fingerprint density at radius 3 is 2.62 bits per heavy atom. The first-order valence-electron chi connectivity index (χ1n) is 3.81. The largest absolute Gasteiger partial charge is 0.341 e. The maximum absolute atomic E-state index is 11.0. The minimum atomic E-state index is -0.400. The van der Waals surface area contributed by atoms with E-state index in [9.17, 15) is 9.59 Å². The van der Waals surface area contributed by atoms with Crippen LogP contribution < -0.4 is 16.0 Å². The summed E-state index contributed by atoms with van der Waals surface area (Å²) < 4.78 is 0. The van der Waals surface area contributed by atoms with Gasteiger partial charge in [0.15, 0.2) is 0 Å². The highest BCUT2D eigenvalue weighted by molar-refractivity contribution is 5.84. The Labute approximate surface area is 77.3 Å². The van der Waals surface area contributed by atoms with Crippen LogP contribution >= 0.6 is 0 Å². The van der Waals surface area contributed by atoms with E-state index in [4.69, 9.17) is 6.42 Å². The van der Waals surface area contributed by atoms with Gasteiger partial charge in [-0.05, 0) is 6.92 Å². The van der Waals surface area contributed by atoms with E-state index in [-0.39, 0.29) is 18.5 Å². The molecule has 1 atom stereocenters. The molecular formula is C8H13N3O2. The predicted octanol–water partition coefficient (Wildman–Crippen LogP) is -0.947. The molecule has 3 N–H and O–H groups in total. The van der Waals surface area contributed by atoms with Gasteiger partial charge in [-0.3, -0.25) is 4.79 Å². The van der Waals surface area contributed by atoms with Crippen molar-refractivity contribution < 1.29 is 9.59 Å². The first-order valence-corrected chi connectivity index (χ1v) is 3.81. The SMILES string of the molecule is C#CC(C)NC(=O)CNC(=O)NC. The minimum Gasteiger partial charge on any atom is -0.341 e. The minimum absolute atomic E-state index is 0.0777. The molecule has 0 rings (SSSR count). The molecule has 0 fully saturated rings. The molecule has 0 aliphatic carbocycles. The Kier molecular flexibility index (Phi) is 5.12. The summed E-state index contributed by atoms with van der Waals surface area (Å²) >= 11 is 0. The van der Waals surface area contributed by atoms with Gasteiger partial charge in [0.25, 0.3) is 0 Å². The molecule has 0 heterocycles. The van der Waals surface area contributed by atoms with Crippen LogP contribution in [0.25, 0.3) is 0 Å². The standard InChI is InChI=1S/C8H13N3O2/c1-4-6(2)11-7(12)5-10-8(13)9-3/h1,6H,5H2,2-3H3,(H,11,12)(H2,9,10,13). The van der Waals surface area contributed by atoms with E-state index in [1.807, 2.05) is 0 Å². The van der Waals surface area contributed by atoms with E-state index in [1.165, 1.54) is 7.05 Å². The zero-order valence-corrected chi connectivity index (χ0v) is 7.68. The molecular weight excluding hydrogens is 170 g/mol. The Bertz CT molecular complexity index is 232. The fraction of sp³-hybridized carbons (Fsp3) is 0.500. The first kappa shape index (κ1) is 11.3. The summed E-state index contributed by atoms with van der Waals surface area (Å²) in [6.45, 7) is 1.60. The first-order chi connectivity index (χ1) is 6.10. The highest BCUT2D eigenvalue weighted by Gasteiger charge is 2.05. The fourth-order valence-electron chi connectivity index (χ4n) is 0.583. The van der Waals surface area contributed by atoms with Gasteiger partial charge in [0.1, 0.15) is 0 Å². The van der Waals surface area contributed by atoms with Crippen LogP contribution in [0, 0.1) is 12.3 Å². The Morgan fingerprint density at radius 1 is 1.54 bits per heavy atom. The third-order valence-electron chi connectivity index (χ3n) is 1.26. The van der Waals surface area contributed by atoms with E-state index in [2.05, 4.69) is 21.9 Å². The number of carbonyl (C=O) groups is 2. The lowest BCUT2D eigenvalue weighted by atomic mass is 10.3. The van der Waals surface area contributed by atoms with Crippen LogP contribution in [-0.4, -0.2) is 31.6 Å². The number of nitrogens with one attached hydrogen (secondary N) is 3. The van der Waals surface area contributed by atoms with E-state index < -0.39 is 6.03 Å². The molecule has 0 bridgehead atoms. The molecule has 0 aliphatic rings. The van der Waals surface area contributed by atoms with Crippen molar-refractivity contribution in [3.63, 3.8) is 0 Å². The third kappa shape index (κ3) is 5.56. The van der Waals surface area contributed by atoms with Crippen molar-refractivity contribution in [1.29, 1.82) is 0 Å². The molecule has 0 saturated carbocycles. The zero-order chi connectivity index (χ0) is 10.3. The van der Waals surface area contributed by atoms with E-state index in [0.717, 1.165) is 0 Å². The molecule has 13 heavy (non-hydrogen) atoms. The lowest BCUT2D eigenvalue weighted by Gasteiger charge is -2.08. The van der Waals surface area contributed by atoms with Gasteiger partial charge in [0.05, 0.1) is 12.6 Å². The number of hydrogen-bond donors (Lipinski definition) is 3. The molecule has 0 aromatic rings. The number of terminal acetylenes is 1. The Hall–Kier alpha value is -1.70. The van der Waals surface area contributed by atoms with Gasteiger partial charge in [0.2, 0.25) is 5.91 Å². The molecule has 5 nitrogen and oxygen atoms in total. The summed E-state index contributed by atoms with van der Waals surface area (Å²) in [5, 5.41) is 7.14. The third-order valence-corrected chi connectivity index (χ3v) is 1.26. The summed E-state index contributed by atoms with van der Waals surface area (Å²) in [6.07, 6.45) is 5.04. The highest BCUT2D eigenvalue weighted by atomic mass is 16.2.